The van der Waals surface area contributed by atoms with Gasteiger partial charge in [0.25, 0.3) is 6.71 Å². The number of rotatable bonds is 6. The number of fused-ring (bicyclic) bond motifs is 13. The molecule has 0 bridgehead atoms. The van der Waals surface area contributed by atoms with Crippen molar-refractivity contribution < 1.29 is 0 Å². The molecular weight excluding hydrogens is 786 g/mol. The second-order valence-corrected chi connectivity index (χ2v) is 21.9. The second kappa shape index (κ2) is 14.0. The van der Waals surface area contributed by atoms with Crippen LogP contribution >= 0.6 is 0 Å². The van der Waals surface area contributed by atoms with Gasteiger partial charge in [-0.15, -0.1) is 0 Å². The highest BCUT2D eigenvalue weighted by Crippen LogP contribution is 2.58. The van der Waals surface area contributed by atoms with Crippen LogP contribution in [0.4, 0.5) is 28.4 Å². The molecule has 3 aliphatic carbocycles. The van der Waals surface area contributed by atoms with E-state index in [0.29, 0.717) is 0 Å². The minimum absolute atomic E-state index is 0.0444. The van der Waals surface area contributed by atoms with Crippen molar-refractivity contribution in [2.24, 2.45) is 0 Å². The van der Waals surface area contributed by atoms with E-state index in [1.54, 1.807) is 0 Å². The molecule has 4 heteroatoms. The van der Waals surface area contributed by atoms with Crippen LogP contribution in [-0.4, -0.2) is 24.8 Å². The quantitative estimate of drug-likeness (QED) is 0.155. The highest BCUT2D eigenvalue weighted by molar-refractivity contribution is 7.00. The summed E-state index contributed by atoms with van der Waals surface area (Å²) in [4.78, 5) is 8.11. The predicted molar refractivity (Wildman–Crippen MR) is 282 cm³/mol. The monoisotopic (exact) mass is 850 g/mol. The Hall–Kier alpha value is -6.00. The van der Waals surface area contributed by atoms with E-state index in [4.69, 9.17) is 0 Å². The fraction of sp³-hybridized carbons (Fsp3) is 0.311. The van der Waals surface area contributed by atoms with Gasteiger partial charge in [0, 0.05) is 85.2 Å². The Labute approximate surface area is 389 Å². The van der Waals surface area contributed by atoms with E-state index in [0.717, 1.165) is 0 Å². The molecule has 0 N–H and O–H groups in total. The van der Waals surface area contributed by atoms with Crippen molar-refractivity contribution in [1.29, 1.82) is 0 Å². The van der Waals surface area contributed by atoms with Crippen molar-refractivity contribution >= 4 is 57.1 Å². The lowest BCUT2D eigenvalue weighted by Gasteiger charge is -2.48. The van der Waals surface area contributed by atoms with Gasteiger partial charge in [-0.05, 0) is 127 Å². The topological polar surface area (TPSA) is 9.72 Å². The third-order valence-corrected chi connectivity index (χ3v) is 16.2. The highest BCUT2D eigenvalue weighted by Gasteiger charge is 2.50. The van der Waals surface area contributed by atoms with E-state index < -0.39 is 0 Å². The molecule has 0 amide bonds. The van der Waals surface area contributed by atoms with E-state index in [-0.39, 0.29) is 41.1 Å². The number of benzene rings is 6. The molecule has 5 aliphatic rings. The Balaban J connectivity index is 1.27. The summed E-state index contributed by atoms with van der Waals surface area (Å²) in [6.45, 7) is 35.4. The van der Waals surface area contributed by atoms with E-state index in [9.17, 15) is 0 Å². The van der Waals surface area contributed by atoms with E-state index in [1.807, 2.05) is 6.08 Å². The van der Waals surface area contributed by atoms with Crippen LogP contribution in [0.5, 0.6) is 0 Å². The molecule has 0 atom stereocenters. The zero-order chi connectivity index (χ0) is 45.8. The van der Waals surface area contributed by atoms with Crippen LogP contribution in [0.2, 0.25) is 0 Å². The standard InChI is InChI=1S/C61H64BN3/c1-15-22-46-53(40-23-16-19-26-43(40)59(46,9)10)38(8)63(35(2)3)39-33-51-56-52(34-39)65(37(6)7)58-50(32-30-48-55(58)42-25-18-21-28-45(42)61(48,13)14)62(56)49-31-29-47-54(57(49)64(51)36(4)5)41-24-17-20-27-44(41)60(47,11)12/h15-37H,1H2,2-14H3/b46-22+,53-38+. The van der Waals surface area contributed by atoms with Gasteiger partial charge in [0.2, 0.25) is 0 Å². The summed E-state index contributed by atoms with van der Waals surface area (Å²) < 4.78 is 0. The molecule has 65 heavy (non-hydrogen) atoms. The van der Waals surface area contributed by atoms with Gasteiger partial charge in [-0.3, -0.25) is 0 Å². The molecule has 0 aromatic heterocycles. The Bertz CT molecular complexity index is 2970. The summed E-state index contributed by atoms with van der Waals surface area (Å²) in [5.74, 6) is 0. The van der Waals surface area contributed by atoms with E-state index in [2.05, 4.69) is 227 Å². The lowest BCUT2D eigenvalue weighted by molar-refractivity contribution is 0.659. The number of anilines is 5. The molecule has 0 saturated carbocycles. The molecule has 0 unspecified atom stereocenters. The van der Waals surface area contributed by atoms with Crippen LogP contribution in [0.25, 0.3) is 27.8 Å². The van der Waals surface area contributed by atoms with Crippen molar-refractivity contribution in [2.45, 2.75) is 124 Å². The smallest absolute Gasteiger partial charge is 0.252 e. The van der Waals surface area contributed by atoms with Crippen LogP contribution in [0.3, 0.4) is 0 Å². The summed E-state index contributed by atoms with van der Waals surface area (Å²) in [6, 6.07) is 43.2. The summed E-state index contributed by atoms with van der Waals surface area (Å²) in [5, 5.41) is 0. The largest absolute Gasteiger partial charge is 0.342 e. The van der Waals surface area contributed by atoms with Gasteiger partial charge in [0.05, 0.1) is 0 Å². The fourth-order valence-corrected chi connectivity index (χ4v) is 13.5. The Morgan fingerprint density at radius 1 is 0.569 bits per heavy atom. The fourth-order valence-electron chi connectivity index (χ4n) is 13.5. The molecule has 0 radical (unpaired) electrons. The third kappa shape index (κ3) is 5.37. The van der Waals surface area contributed by atoms with Gasteiger partial charge in [0.1, 0.15) is 0 Å². The number of nitrogens with zero attached hydrogens (tertiary/aromatic N) is 3. The van der Waals surface area contributed by atoms with Crippen LogP contribution in [0.15, 0.2) is 139 Å². The molecule has 326 valence electrons. The van der Waals surface area contributed by atoms with Crippen molar-refractivity contribution in [2.75, 3.05) is 14.7 Å². The zero-order valence-electron chi connectivity index (χ0n) is 40.9. The van der Waals surface area contributed by atoms with Gasteiger partial charge in [-0.1, -0.05) is 157 Å². The minimum atomic E-state index is -0.162. The van der Waals surface area contributed by atoms with E-state index >= 15 is 0 Å². The maximum absolute atomic E-state index is 4.23. The predicted octanol–water partition coefficient (Wildman–Crippen LogP) is 13.6. The average molecular weight is 850 g/mol. The van der Waals surface area contributed by atoms with Crippen molar-refractivity contribution in [3.8, 4) is 22.3 Å². The van der Waals surface area contributed by atoms with Gasteiger partial charge in [-0.2, -0.15) is 0 Å². The molecule has 6 aromatic rings. The molecule has 2 heterocycles. The zero-order valence-corrected chi connectivity index (χ0v) is 40.9. The molecule has 3 nitrogen and oxygen atoms in total. The SMILES string of the molecule is C=C/C=C1\C(=C(/C)N(c2cc3c4c(c2)N(C(C)C)c2c(ccc5c2-c2ccccc2C5(C)C)B4c2ccc4c(c2N3C(C)C)-c2ccccc2C4(C)C)C(C)C)c2ccccc2C1(C)C. The first-order chi connectivity index (χ1) is 30.9. The van der Waals surface area contributed by atoms with Crippen LogP contribution < -0.4 is 31.1 Å². The third-order valence-electron chi connectivity index (χ3n) is 16.2. The highest BCUT2D eigenvalue weighted by atomic mass is 15.2. The molecule has 0 saturated heterocycles. The first kappa shape index (κ1) is 41.7. The lowest BCUT2D eigenvalue weighted by Crippen LogP contribution is -2.63. The van der Waals surface area contributed by atoms with Crippen molar-refractivity contribution in [3.63, 3.8) is 0 Å². The van der Waals surface area contributed by atoms with Crippen molar-refractivity contribution in [1.82, 2.24) is 0 Å². The first-order valence-corrected chi connectivity index (χ1v) is 24.2. The number of hydrogen-bond donors (Lipinski definition) is 0. The average Bonchev–Trinajstić information content (AvgIpc) is 3.75. The first-order valence-electron chi connectivity index (χ1n) is 24.2. The summed E-state index contributed by atoms with van der Waals surface area (Å²) >= 11 is 0. The van der Waals surface area contributed by atoms with Gasteiger partial charge in [0.15, 0.2) is 0 Å². The normalized spacial score (nSPS) is 18.6. The Morgan fingerprint density at radius 2 is 1.00 bits per heavy atom. The Kier molecular flexibility index (Phi) is 8.98. The van der Waals surface area contributed by atoms with Gasteiger partial charge in [-0.25, -0.2) is 0 Å². The molecule has 2 aliphatic heterocycles. The summed E-state index contributed by atoms with van der Waals surface area (Å²) in [6.07, 6.45) is 4.23. The maximum atomic E-state index is 4.23. The summed E-state index contributed by atoms with van der Waals surface area (Å²) in [5.41, 5.74) is 28.2. The molecule has 0 fully saturated rings. The molecular formula is C61H64BN3. The molecule has 6 aromatic carbocycles. The number of hydrogen-bond acceptors (Lipinski definition) is 3. The maximum Gasteiger partial charge on any atom is 0.252 e. The minimum Gasteiger partial charge on any atom is -0.342 e. The van der Waals surface area contributed by atoms with Crippen LogP contribution in [0, 0.1) is 0 Å². The van der Waals surface area contributed by atoms with Gasteiger partial charge >= 0.3 is 0 Å². The van der Waals surface area contributed by atoms with Gasteiger partial charge < -0.3 is 14.7 Å². The van der Waals surface area contributed by atoms with E-state index in [1.165, 1.54) is 117 Å². The van der Waals surface area contributed by atoms with Crippen LogP contribution in [-0.2, 0) is 16.2 Å². The Morgan fingerprint density at radius 3 is 1.43 bits per heavy atom. The molecule has 0 spiro atoms. The lowest BCUT2D eigenvalue weighted by atomic mass is 9.33. The van der Waals surface area contributed by atoms with Crippen LogP contribution in [0.1, 0.15) is 123 Å². The molecule has 11 rings (SSSR count). The second-order valence-electron chi connectivity index (χ2n) is 21.9. The van der Waals surface area contributed by atoms with Crippen molar-refractivity contribution in [3.05, 3.63) is 173 Å². The summed E-state index contributed by atoms with van der Waals surface area (Å²) in [7, 11) is 0. The number of allylic oxidation sites excluding steroid dienone is 5.